The van der Waals surface area contributed by atoms with E-state index in [-0.39, 0.29) is 11.1 Å². The smallest absolute Gasteiger partial charge is 0.268 e. The van der Waals surface area contributed by atoms with E-state index in [1.54, 1.807) is 0 Å². The Morgan fingerprint density at radius 2 is 2.21 bits per heavy atom. The average Bonchev–Trinajstić information content (AvgIpc) is 2.77. The highest BCUT2D eigenvalue weighted by atomic mass is 32.1. The van der Waals surface area contributed by atoms with Crippen molar-refractivity contribution >= 4 is 21.6 Å². The molecule has 5 nitrogen and oxygen atoms in total. The standard InChI is InChI=1S/C13H20N4OS/c1-13(2,17(3)4)8-14-7-10-15-9-5-6-19-11(9)12(18)16-10/h5-6,14H,7-8H2,1-4H3,(H,15,16,18). The summed E-state index contributed by atoms with van der Waals surface area (Å²) >= 11 is 1.42. The van der Waals surface area contributed by atoms with Gasteiger partial charge in [0.15, 0.2) is 0 Å². The SMILES string of the molecule is CN(C)C(C)(C)CNCc1nc2ccsc2c(=O)[nH]1. The van der Waals surface area contributed by atoms with E-state index in [1.165, 1.54) is 11.3 Å². The highest BCUT2D eigenvalue weighted by Crippen LogP contribution is 2.13. The first-order chi connectivity index (χ1) is 8.90. The van der Waals surface area contributed by atoms with Crippen molar-refractivity contribution in [2.24, 2.45) is 0 Å². The zero-order chi connectivity index (χ0) is 14.0. The average molecular weight is 280 g/mol. The molecule has 2 aromatic heterocycles. The van der Waals surface area contributed by atoms with Gasteiger partial charge in [-0.15, -0.1) is 11.3 Å². The van der Waals surface area contributed by atoms with Crippen LogP contribution in [0.4, 0.5) is 0 Å². The van der Waals surface area contributed by atoms with Gasteiger partial charge in [-0.1, -0.05) is 0 Å². The maximum Gasteiger partial charge on any atom is 0.268 e. The molecular formula is C13H20N4OS. The molecule has 0 aliphatic rings. The van der Waals surface area contributed by atoms with Gasteiger partial charge in [-0.3, -0.25) is 4.79 Å². The van der Waals surface area contributed by atoms with Crippen molar-refractivity contribution in [1.29, 1.82) is 0 Å². The summed E-state index contributed by atoms with van der Waals surface area (Å²) in [5.74, 6) is 0.686. The number of hydrogen-bond donors (Lipinski definition) is 2. The minimum Gasteiger partial charge on any atom is -0.308 e. The Bertz CT molecular complexity index is 614. The van der Waals surface area contributed by atoms with E-state index in [0.29, 0.717) is 17.1 Å². The number of nitrogens with one attached hydrogen (secondary N) is 2. The number of nitrogens with zero attached hydrogens (tertiary/aromatic N) is 2. The summed E-state index contributed by atoms with van der Waals surface area (Å²) < 4.78 is 0.692. The van der Waals surface area contributed by atoms with Gasteiger partial charge < -0.3 is 15.2 Å². The molecule has 2 rings (SSSR count). The molecule has 0 bridgehead atoms. The maximum atomic E-state index is 11.8. The molecule has 0 unspecified atom stereocenters. The monoisotopic (exact) mass is 280 g/mol. The molecule has 0 saturated carbocycles. The number of fused-ring (bicyclic) bond motifs is 1. The molecule has 0 amide bonds. The van der Waals surface area contributed by atoms with Crippen molar-refractivity contribution in [2.45, 2.75) is 25.9 Å². The summed E-state index contributed by atoms with van der Waals surface area (Å²) in [6.07, 6.45) is 0. The quantitative estimate of drug-likeness (QED) is 0.869. The molecule has 0 spiro atoms. The van der Waals surface area contributed by atoms with Crippen molar-refractivity contribution in [1.82, 2.24) is 20.2 Å². The third-order valence-electron chi connectivity index (χ3n) is 3.42. The van der Waals surface area contributed by atoms with Gasteiger partial charge in [0.1, 0.15) is 10.5 Å². The van der Waals surface area contributed by atoms with Gasteiger partial charge in [-0.25, -0.2) is 4.98 Å². The van der Waals surface area contributed by atoms with Gasteiger partial charge in [0.05, 0.1) is 12.1 Å². The van der Waals surface area contributed by atoms with E-state index >= 15 is 0 Å². The highest BCUT2D eigenvalue weighted by molar-refractivity contribution is 7.17. The Morgan fingerprint density at radius 3 is 2.89 bits per heavy atom. The second-order valence-corrected chi connectivity index (χ2v) is 6.37. The first-order valence-electron chi connectivity index (χ1n) is 6.25. The molecule has 2 N–H and O–H groups in total. The Kier molecular flexibility index (Phi) is 4.03. The van der Waals surface area contributed by atoms with E-state index in [4.69, 9.17) is 0 Å². The van der Waals surface area contributed by atoms with Crippen LogP contribution >= 0.6 is 11.3 Å². The molecule has 0 aliphatic heterocycles. The van der Waals surface area contributed by atoms with Crippen LogP contribution in [0.2, 0.25) is 0 Å². The van der Waals surface area contributed by atoms with E-state index in [0.717, 1.165) is 12.1 Å². The number of rotatable bonds is 5. The summed E-state index contributed by atoms with van der Waals surface area (Å²) in [5.41, 5.74) is 0.786. The van der Waals surface area contributed by atoms with Crippen LogP contribution in [0.25, 0.3) is 10.2 Å². The van der Waals surface area contributed by atoms with Gasteiger partial charge >= 0.3 is 0 Å². The second kappa shape index (κ2) is 5.40. The zero-order valence-corrected chi connectivity index (χ0v) is 12.6. The van der Waals surface area contributed by atoms with Crippen LogP contribution in [0.5, 0.6) is 0 Å². The third kappa shape index (κ3) is 3.20. The molecule has 19 heavy (non-hydrogen) atoms. The Hall–Kier alpha value is -1.24. The van der Waals surface area contributed by atoms with Crippen LogP contribution in [0.15, 0.2) is 16.2 Å². The maximum absolute atomic E-state index is 11.8. The number of likely N-dealkylation sites (N-methyl/N-ethyl adjacent to an activating group) is 1. The minimum atomic E-state index is -0.0522. The zero-order valence-electron chi connectivity index (χ0n) is 11.8. The summed E-state index contributed by atoms with van der Waals surface area (Å²) in [6, 6.07) is 1.88. The predicted molar refractivity (Wildman–Crippen MR) is 79.7 cm³/mol. The van der Waals surface area contributed by atoms with E-state index < -0.39 is 0 Å². The summed E-state index contributed by atoms with van der Waals surface area (Å²) in [7, 11) is 4.11. The molecule has 0 saturated heterocycles. The summed E-state index contributed by atoms with van der Waals surface area (Å²) in [4.78, 5) is 21.2. The Morgan fingerprint density at radius 1 is 1.47 bits per heavy atom. The van der Waals surface area contributed by atoms with Gasteiger partial charge in [0, 0.05) is 12.1 Å². The normalized spacial score (nSPS) is 12.5. The van der Waals surface area contributed by atoms with Crippen LogP contribution in [0.1, 0.15) is 19.7 Å². The number of aromatic amines is 1. The Balaban J connectivity index is 2.04. The lowest BCUT2D eigenvalue weighted by molar-refractivity contribution is 0.189. The largest absolute Gasteiger partial charge is 0.308 e. The van der Waals surface area contributed by atoms with Gasteiger partial charge in [-0.05, 0) is 39.4 Å². The van der Waals surface area contributed by atoms with Crippen LogP contribution in [-0.4, -0.2) is 41.0 Å². The van der Waals surface area contributed by atoms with Crippen molar-refractivity contribution in [2.75, 3.05) is 20.6 Å². The minimum absolute atomic E-state index is 0.0522. The molecule has 0 aliphatic carbocycles. The number of thiophene rings is 1. The molecule has 0 atom stereocenters. The van der Waals surface area contributed by atoms with E-state index in [2.05, 4.69) is 48.1 Å². The fourth-order valence-electron chi connectivity index (χ4n) is 1.65. The van der Waals surface area contributed by atoms with Crippen molar-refractivity contribution in [3.63, 3.8) is 0 Å². The van der Waals surface area contributed by atoms with Crippen LogP contribution < -0.4 is 10.9 Å². The molecule has 2 heterocycles. The highest BCUT2D eigenvalue weighted by Gasteiger charge is 2.19. The number of H-pyrrole nitrogens is 1. The molecule has 104 valence electrons. The van der Waals surface area contributed by atoms with E-state index in [1.807, 2.05) is 11.4 Å². The third-order valence-corrected chi connectivity index (χ3v) is 4.33. The second-order valence-electron chi connectivity index (χ2n) is 5.46. The van der Waals surface area contributed by atoms with Gasteiger partial charge in [-0.2, -0.15) is 0 Å². The summed E-state index contributed by atoms with van der Waals surface area (Å²) in [6.45, 7) is 5.72. The topological polar surface area (TPSA) is 61.0 Å². The lowest BCUT2D eigenvalue weighted by Gasteiger charge is -2.32. The summed E-state index contributed by atoms with van der Waals surface area (Å²) in [5, 5.41) is 5.22. The van der Waals surface area contributed by atoms with Crippen molar-refractivity contribution in [3.8, 4) is 0 Å². The Labute approximate surface area is 116 Å². The number of aromatic nitrogens is 2. The van der Waals surface area contributed by atoms with Crippen molar-refractivity contribution in [3.05, 3.63) is 27.6 Å². The molecular weight excluding hydrogens is 260 g/mol. The first kappa shape index (κ1) is 14.2. The van der Waals surface area contributed by atoms with Crippen LogP contribution in [0.3, 0.4) is 0 Å². The van der Waals surface area contributed by atoms with Crippen LogP contribution in [-0.2, 0) is 6.54 Å². The molecule has 0 aromatic carbocycles. The molecule has 2 aromatic rings. The molecule has 0 fully saturated rings. The predicted octanol–water partition coefficient (Wildman–Crippen LogP) is 1.41. The molecule has 6 heteroatoms. The molecule has 0 radical (unpaired) electrons. The van der Waals surface area contributed by atoms with Crippen molar-refractivity contribution < 1.29 is 0 Å². The lowest BCUT2D eigenvalue weighted by Crippen LogP contribution is -2.46. The fourth-order valence-corrected chi connectivity index (χ4v) is 2.38. The van der Waals surface area contributed by atoms with Crippen LogP contribution in [0, 0.1) is 0 Å². The first-order valence-corrected chi connectivity index (χ1v) is 7.13. The fraction of sp³-hybridized carbons (Fsp3) is 0.538. The van der Waals surface area contributed by atoms with Gasteiger partial charge in [0.2, 0.25) is 0 Å². The van der Waals surface area contributed by atoms with E-state index in [9.17, 15) is 4.79 Å². The lowest BCUT2D eigenvalue weighted by atomic mass is 10.0. The van der Waals surface area contributed by atoms with Gasteiger partial charge in [0.25, 0.3) is 5.56 Å². The number of hydrogen-bond acceptors (Lipinski definition) is 5.